The second kappa shape index (κ2) is 38.2. The van der Waals surface area contributed by atoms with E-state index in [9.17, 15) is 14.2 Å². The summed E-state index contributed by atoms with van der Waals surface area (Å²) in [5.41, 5.74) is 0. The fourth-order valence-electron chi connectivity index (χ4n) is 5.23. The zero-order valence-corrected chi connectivity index (χ0v) is 33.6. The maximum absolute atomic E-state index is 12.4. The van der Waals surface area contributed by atoms with Gasteiger partial charge in [0.05, 0.1) is 6.61 Å². The van der Waals surface area contributed by atoms with Crippen molar-refractivity contribution in [3.05, 3.63) is 72.9 Å². The van der Waals surface area contributed by atoms with Gasteiger partial charge in [0, 0.05) is 12.8 Å². The summed E-state index contributed by atoms with van der Waals surface area (Å²) < 4.78 is 26.3. The SMILES string of the molecule is CC/C=C/C/C=C/C/C=C/C/C=C/C/C=C/CCCC(=O)O[C@H](COC(=O)CCCCCCCCCCC/C=C/CCCCCC)COP(=O)(O)O. The molecule has 52 heavy (non-hydrogen) atoms. The molecule has 0 aliphatic rings. The zero-order valence-electron chi connectivity index (χ0n) is 32.7. The van der Waals surface area contributed by atoms with Gasteiger partial charge in [-0.1, -0.05) is 151 Å². The molecule has 0 aliphatic heterocycles. The molecule has 0 aromatic rings. The molecule has 0 bridgehead atoms. The van der Waals surface area contributed by atoms with Gasteiger partial charge in [-0.15, -0.1) is 0 Å². The Hall–Kier alpha value is -2.51. The van der Waals surface area contributed by atoms with Gasteiger partial charge in [0.15, 0.2) is 6.10 Å². The summed E-state index contributed by atoms with van der Waals surface area (Å²) in [6, 6.07) is 0. The Kier molecular flexibility index (Phi) is 36.4. The Morgan fingerprint density at radius 3 is 1.46 bits per heavy atom. The lowest BCUT2D eigenvalue weighted by molar-refractivity contribution is -0.161. The minimum absolute atomic E-state index is 0.130. The molecule has 0 fully saturated rings. The van der Waals surface area contributed by atoms with Crippen LogP contribution >= 0.6 is 7.82 Å². The lowest BCUT2D eigenvalue weighted by atomic mass is 10.1. The Morgan fingerprint density at radius 2 is 0.942 bits per heavy atom. The predicted octanol–water partition coefficient (Wildman–Crippen LogP) is 12.3. The van der Waals surface area contributed by atoms with E-state index in [1.54, 1.807) is 0 Å². The van der Waals surface area contributed by atoms with E-state index in [0.717, 1.165) is 51.4 Å². The zero-order chi connectivity index (χ0) is 38.2. The van der Waals surface area contributed by atoms with E-state index < -0.39 is 32.5 Å². The first-order chi connectivity index (χ1) is 25.3. The fraction of sp³-hybridized carbons (Fsp3) is 0.674. The molecule has 298 valence electrons. The highest BCUT2D eigenvalue weighted by atomic mass is 31.2. The van der Waals surface area contributed by atoms with Crippen LogP contribution in [0.15, 0.2) is 72.9 Å². The number of hydrogen-bond acceptors (Lipinski definition) is 6. The lowest BCUT2D eigenvalue weighted by Crippen LogP contribution is -2.29. The molecule has 0 amide bonds. The number of rotatable bonds is 36. The molecule has 2 N–H and O–H groups in total. The second-order valence-corrected chi connectivity index (χ2v) is 14.5. The fourth-order valence-corrected chi connectivity index (χ4v) is 5.59. The van der Waals surface area contributed by atoms with Crippen molar-refractivity contribution in [2.45, 2.75) is 174 Å². The van der Waals surface area contributed by atoms with Crippen molar-refractivity contribution in [2.24, 2.45) is 0 Å². The van der Waals surface area contributed by atoms with Crippen LogP contribution in [0, 0.1) is 0 Å². The van der Waals surface area contributed by atoms with Crippen LogP contribution < -0.4 is 0 Å². The summed E-state index contributed by atoms with van der Waals surface area (Å²) in [4.78, 5) is 42.8. The molecule has 8 nitrogen and oxygen atoms in total. The van der Waals surface area contributed by atoms with Crippen LogP contribution in [-0.4, -0.2) is 41.0 Å². The largest absolute Gasteiger partial charge is 0.469 e. The quantitative estimate of drug-likeness (QED) is 0.0281. The molecule has 0 heterocycles. The number of unbranched alkanes of at least 4 members (excludes halogenated alkanes) is 14. The van der Waals surface area contributed by atoms with Crippen LogP contribution in [-0.2, 0) is 28.2 Å². The van der Waals surface area contributed by atoms with Crippen molar-refractivity contribution >= 4 is 19.8 Å². The van der Waals surface area contributed by atoms with Gasteiger partial charge < -0.3 is 19.3 Å². The Morgan fingerprint density at radius 1 is 0.519 bits per heavy atom. The summed E-state index contributed by atoms with van der Waals surface area (Å²) in [6.45, 7) is 3.50. The molecule has 0 saturated carbocycles. The normalized spacial score (nSPS) is 13.2. The third kappa shape index (κ3) is 40.3. The minimum atomic E-state index is -4.77. The first-order valence-corrected chi connectivity index (χ1v) is 21.8. The maximum atomic E-state index is 12.4. The van der Waals surface area contributed by atoms with Gasteiger partial charge in [-0.2, -0.15) is 0 Å². The smallest absolute Gasteiger partial charge is 0.462 e. The van der Waals surface area contributed by atoms with Gasteiger partial charge in [0.1, 0.15) is 6.61 Å². The summed E-state index contributed by atoms with van der Waals surface area (Å²) in [5, 5.41) is 0. The van der Waals surface area contributed by atoms with Gasteiger partial charge in [-0.25, -0.2) is 4.57 Å². The Balaban J connectivity index is 4.04. The average molecular weight is 749 g/mol. The third-order valence-corrected chi connectivity index (χ3v) is 8.69. The van der Waals surface area contributed by atoms with E-state index in [-0.39, 0.29) is 19.4 Å². The van der Waals surface area contributed by atoms with Crippen molar-refractivity contribution in [1.29, 1.82) is 0 Å². The van der Waals surface area contributed by atoms with Crippen LogP contribution in [0.3, 0.4) is 0 Å². The maximum Gasteiger partial charge on any atom is 0.469 e. The molecule has 1 atom stereocenters. The van der Waals surface area contributed by atoms with Gasteiger partial charge in [-0.3, -0.25) is 14.1 Å². The highest BCUT2D eigenvalue weighted by Crippen LogP contribution is 2.36. The molecule has 0 saturated heterocycles. The number of allylic oxidation sites excluding steroid dienone is 12. The first kappa shape index (κ1) is 49.5. The van der Waals surface area contributed by atoms with Crippen molar-refractivity contribution < 1.29 is 37.9 Å². The van der Waals surface area contributed by atoms with Crippen molar-refractivity contribution in [3.63, 3.8) is 0 Å². The van der Waals surface area contributed by atoms with E-state index >= 15 is 0 Å². The number of ether oxygens (including phenoxy) is 2. The predicted molar refractivity (Wildman–Crippen MR) is 216 cm³/mol. The summed E-state index contributed by atoms with van der Waals surface area (Å²) >= 11 is 0. The van der Waals surface area contributed by atoms with Gasteiger partial charge in [0.2, 0.25) is 0 Å². The molecule has 0 radical (unpaired) electrons. The second-order valence-electron chi connectivity index (χ2n) is 13.2. The lowest BCUT2D eigenvalue weighted by Gasteiger charge is -2.18. The average Bonchev–Trinajstić information content (AvgIpc) is 3.11. The van der Waals surface area contributed by atoms with Crippen LogP contribution in [0.2, 0.25) is 0 Å². The van der Waals surface area contributed by atoms with Crippen LogP contribution in [0.5, 0.6) is 0 Å². The van der Waals surface area contributed by atoms with E-state index in [1.807, 2.05) is 12.2 Å². The summed E-state index contributed by atoms with van der Waals surface area (Å²) in [7, 11) is -4.77. The number of hydrogen-bond donors (Lipinski definition) is 2. The summed E-state index contributed by atoms with van der Waals surface area (Å²) in [6.07, 6.45) is 49.1. The van der Waals surface area contributed by atoms with Crippen molar-refractivity contribution in [3.8, 4) is 0 Å². The third-order valence-electron chi connectivity index (χ3n) is 8.21. The van der Waals surface area contributed by atoms with Gasteiger partial charge >= 0.3 is 19.8 Å². The van der Waals surface area contributed by atoms with Gasteiger partial charge in [0.25, 0.3) is 0 Å². The van der Waals surface area contributed by atoms with E-state index in [2.05, 4.69) is 79.1 Å². The van der Waals surface area contributed by atoms with E-state index in [1.165, 1.54) is 70.6 Å². The molecule has 0 aliphatic carbocycles. The molecule has 0 aromatic heterocycles. The molecule has 0 rings (SSSR count). The molecular weight excluding hydrogens is 675 g/mol. The molecule has 9 heteroatoms. The van der Waals surface area contributed by atoms with Crippen molar-refractivity contribution in [2.75, 3.05) is 13.2 Å². The van der Waals surface area contributed by atoms with Crippen LogP contribution in [0.1, 0.15) is 168 Å². The highest BCUT2D eigenvalue weighted by Gasteiger charge is 2.22. The first-order valence-electron chi connectivity index (χ1n) is 20.2. The van der Waals surface area contributed by atoms with Crippen LogP contribution in [0.4, 0.5) is 0 Å². The number of phosphoric ester groups is 1. The number of phosphoric acid groups is 1. The van der Waals surface area contributed by atoms with E-state index in [0.29, 0.717) is 19.3 Å². The monoisotopic (exact) mass is 749 g/mol. The molecule has 0 aromatic carbocycles. The molecule has 0 unspecified atom stereocenters. The van der Waals surface area contributed by atoms with E-state index in [4.69, 9.17) is 19.3 Å². The highest BCUT2D eigenvalue weighted by molar-refractivity contribution is 7.46. The topological polar surface area (TPSA) is 119 Å². The molecular formula is C43H73O8P. The molecule has 0 spiro atoms. The minimum Gasteiger partial charge on any atom is -0.462 e. The van der Waals surface area contributed by atoms with Crippen LogP contribution in [0.25, 0.3) is 0 Å². The standard InChI is InChI=1S/C43H73O8P/c1-3-5-7-9-11-13-15-17-19-21-23-25-27-29-31-33-35-37-42(44)49-39-41(40-50-52(46,47)48)51-43(45)38-36-34-32-30-28-26-24-22-20-18-16-14-12-10-8-6-4-2/h6,8,12-15,18,20,24,26,30,32,41H,3-5,7,9-11,16-17,19,21-23,25,27-29,31,33-40H2,1-2H3,(H2,46,47,48)/b8-6+,14-12+,15-13+,20-18+,26-24+,32-30+/t41-/m1/s1. The van der Waals surface area contributed by atoms with Gasteiger partial charge in [-0.05, 0) is 77.0 Å². The van der Waals surface area contributed by atoms with Crippen molar-refractivity contribution in [1.82, 2.24) is 0 Å². The number of carbonyl (C=O) groups excluding carboxylic acids is 2. The number of carbonyl (C=O) groups is 2. The summed E-state index contributed by atoms with van der Waals surface area (Å²) in [5.74, 6) is -0.960. The Bertz CT molecular complexity index is 1070. The number of esters is 2. The Labute approximate surface area is 317 Å².